The first-order valence-corrected chi connectivity index (χ1v) is 11.7. The molecule has 1 heterocycles. The lowest BCUT2D eigenvalue weighted by atomic mass is 10.1. The van der Waals surface area contributed by atoms with Crippen molar-refractivity contribution in [3.05, 3.63) is 64.1 Å². The Kier molecular flexibility index (Phi) is 8.32. The van der Waals surface area contributed by atoms with Crippen molar-refractivity contribution in [3.8, 4) is 0 Å². The topological polar surface area (TPSA) is 61.4 Å². The molecule has 0 spiro atoms. The molecule has 0 saturated carbocycles. The summed E-state index contributed by atoms with van der Waals surface area (Å²) in [7, 11) is 0. The zero-order valence-electron chi connectivity index (χ0n) is 18.5. The standard InChI is InChI=1S/C25H31N3O2S/c1-4-13-28(14-5-2)15-12-26-24(29)20-10-11-22-21(17-20)27-25(30)23(31-22)16-19-8-6-18(3)7-9-19/h6-11,16-17H,4-5,12-15H2,1-3H3,(H,26,29)(H,27,30)/b23-16+. The van der Waals surface area contributed by atoms with E-state index in [0.717, 1.165) is 42.9 Å². The molecule has 1 aliphatic rings. The van der Waals surface area contributed by atoms with E-state index in [0.29, 0.717) is 22.7 Å². The fourth-order valence-corrected chi connectivity index (χ4v) is 4.44. The lowest BCUT2D eigenvalue weighted by Gasteiger charge is -2.21. The highest BCUT2D eigenvalue weighted by Gasteiger charge is 2.22. The summed E-state index contributed by atoms with van der Waals surface area (Å²) in [6, 6.07) is 13.5. The van der Waals surface area contributed by atoms with Crippen LogP contribution in [0, 0.1) is 6.92 Å². The SMILES string of the molecule is CCCN(CCC)CCNC(=O)c1ccc2c(c1)NC(=O)/C(=C\c1ccc(C)cc1)S2. The maximum Gasteiger partial charge on any atom is 0.262 e. The number of thioether (sulfide) groups is 1. The second-order valence-electron chi connectivity index (χ2n) is 7.78. The van der Waals surface area contributed by atoms with Crippen LogP contribution in [0.5, 0.6) is 0 Å². The molecule has 0 radical (unpaired) electrons. The third-order valence-corrected chi connectivity index (χ3v) is 6.20. The maximum atomic E-state index is 12.6. The largest absolute Gasteiger partial charge is 0.351 e. The number of aryl methyl sites for hydroxylation is 1. The number of carbonyl (C=O) groups excluding carboxylic acids is 2. The van der Waals surface area contributed by atoms with E-state index in [-0.39, 0.29) is 11.8 Å². The average molecular weight is 438 g/mol. The second kappa shape index (κ2) is 11.2. The van der Waals surface area contributed by atoms with Crippen molar-refractivity contribution < 1.29 is 9.59 Å². The van der Waals surface area contributed by atoms with Gasteiger partial charge in [0, 0.05) is 23.5 Å². The highest BCUT2D eigenvalue weighted by molar-refractivity contribution is 8.04. The van der Waals surface area contributed by atoms with Gasteiger partial charge in [0.05, 0.1) is 10.6 Å². The summed E-state index contributed by atoms with van der Waals surface area (Å²) in [5.74, 6) is -0.263. The molecule has 3 rings (SSSR count). The molecule has 0 aromatic heterocycles. The van der Waals surface area contributed by atoms with Crippen molar-refractivity contribution in [3.63, 3.8) is 0 Å². The van der Waals surface area contributed by atoms with Crippen molar-refractivity contribution in [2.75, 3.05) is 31.5 Å². The van der Waals surface area contributed by atoms with Gasteiger partial charge >= 0.3 is 0 Å². The summed E-state index contributed by atoms with van der Waals surface area (Å²) in [4.78, 5) is 29.1. The first-order chi connectivity index (χ1) is 15.0. The number of nitrogens with zero attached hydrogens (tertiary/aromatic N) is 1. The lowest BCUT2D eigenvalue weighted by molar-refractivity contribution is -0.112. The third-order valence-electron chi connectivity index (χ3n) is 5.10. The van der Waals surface area contributed by atoms with Gasteiger partial charge in [-0.15, -0.1) is 0 Å². The van der Waals surface area contributed by atoms with Crippen LogP contribution in [0.25, 0.3) is 6.08 Å². The molecular weight excluding hydrogens is 406 g/mol. The van der Waals surface area contributed by atoms with Gasteiger partial charge in [-0.05, 0) is 62.7 Å². The number of amides is 2. The number of hydrogen-bond donors (Lipinski definition) is 2. The number of benzene rings is 2. The van der Waals surface area contributed by atoms with Crippen molar-refractivity contribution in [2.24, 2.45) is 0 Å². The number of nitrogens with one attached hydrogen (secondary N) is 2. The average Bonchev–Trinajstić information content (AvgIpc) is 2.75. The van der Waals surface area contributed by atoms with Crippen molar-refractivity contribution in [1.82, 2.24) is 10.2 Å². The van der Waals surface area contributed by atoms with E-state index in [2.05, 4.69) is 29.4 Å². The van der Waals surface area contributed by atoms with Gasteiger partial charge in [0.25, 0.3) is 11.8 Å². The van der Waals surface area contributed by atoms with E-state index in [4.69, 9.17) is 0 Å². The highest BCUT2D eigenvalue weighted by atomic mass is 32.2. The zero-order chi connectivity index (χ0) is 22.2. The monoisotopic (exact) mass is 437 g/mol. The fourth-order valence-electron chi connectivity index (χ4n) is 3.51. The van der Waals surface area contributed by atoms with Crippen LogP contribution in [0.15, 0.2) is 52.3 Å². The highest BCUT2D eigenvalue weighted by Crippen LogP contribution is 2.39. The smallest absolute Gasteiger partial charge is 0.262 e. The van der Waals surface area contributed by atoms with Crippen LogP contribution in [0.2, 0.25) is 0 Å². The molecule has 0 bridgehead atoms. The van der Waals surface area contributed by atoms with E-state index in [1.54, 1.807) is 6.07 Å². The normalized spacial score (nSPS) is 14.5. The summed E-state index contributed by atoms with van der Waals surface area (Å²) < 4.78 is 0. The molecule has 164 valence electrons. The molecule has 2 aromatic rings. The molecule has 0 saturated heterocycles. The van der Waals surface area contributed by atoms with Gasteiger partial charge in [-0.2, -0.15) is 0 Å². The third kappa shape index (κ3) is 6.45. The minimum atomic E-state index is -0.148. The van der Waals surface area contributed by atoms with Crippen LogP contribution in [0.3, 0.4) is 0 Å². The number of carbonyl (C=O) groups is 2. The molecule has 2 aromatic carbocycles. The van der Waals surface area contributed by atoms with E-state index in [1.165, 1.54) is 17.3 Å². The van der Waals surface area contributed by atoms with Crippen LogP contribution < -0.4 is 10.6 Å². The number of anilines is 1. The summed E-state index contributed by atoms with van der Waals surface area (Å²) in [6.07, 6.45) is 4.11. The maximum absolute atomic E-state index is 12.6. The quantitative estimate of drug-likeness (QED) is 0.546. The molecule has 2 amide bonds. The van der Waals surface area contributed by atoms with E-state index in [1.807, 2.05) is 49.4 Å². The number of fused-ring (bicyclic) bond motifs is 1. The molecule has 31 heavy (non-hydrogen) atoms. The van der Waals surface area contributed by atoms with Gasteiger partial charge in [0.2, 0.25) is 0 Å². The van der Waals surface area contributed by atoms with Crippen molar-refractivity contribution in [2.45, 2.75) is 38.5 Å². The Bertz CT molecular complexity index is 948. The summed E-state index contributed by atoms with van der Waals surface area (Å²) in [5.41, 5.74) is 3.41. The zero-order valence-corrected chi connectivity index (χ0v) is 19.3. The van der Waals surface area contributed by atoms with E-state index in [9.17, 15) is 9.59 Å². The van der Waals surface area contributed by atoms with E-state index < -0.39 is 0 Å². The van der Waals surface area contributed by atoms with Crippen LogP contribution >= 0.6 is 11.8 Å². The number of rotatable bonds is 9. The molecule has 5 nitrogen and oxygen atoms in total. The molecule has 0 fully saturated rings. The molecule has 0 unspecified atom stereocenters. The van der Waals surface area contributed by atoms with Gasteiger partial charge in [-0.3, -0.25) is 9.59 Å². The van der Waals surface area contributed by atoms with Gasteiger partial charge in [0.1, 0.15) is 0 Å². The minimum absolute atomic E-state index is 0.115. The molecule has 1 aliphatic heterocycles. The Labute approximate surface area is 189 Å². The Morgan fingerprint density at radius 2 is 1.77 bits per heavy atom. The van der Waals surface area contributed by atoms with Gasteiger partial charge in [0.15, 0.2) is 0 Å². The fraction of sp³-hybridized carbons (Fsp3) is 0.360. The minimum Gasteiger partial charge on any atom is -0.351 e. The van der Waals surface area contributed by atoms with Crippen LogP contribution in [-0.4, -0.2) is 42.9 Å². The molecule has 0 atom stereocenters. The summed E-state index contributed by atoms with van der Waals surface area (Å²) in [5, 5.41) is 5.93. The Balaban J connectivity index is 1.63. The van der Waals surface area contributed by atoms with Gasteiger partial charge < -0.3 is 15.5 Å². The predicted molar refractivity (Wildman–Crippen MR) is 129 cm³/mol. The van der Waals surface area contributed by atoms with Crippen molar-refractivity contribution >= 4 is 35.3 Å². The molecular formula is C25H31N3O2S. The Hall–Kier alpha value is -2.57. The van der Waals surface area contributed by atoms with Crippen molar-refractivity contribution in [1.29, 1.82) is 0 Å². The van der Waals surface area contributed by atoms with E-state index >= 15 is 0 Å². The summed E-state index contributed by atoms with van der Waals surface area (Å²) >= 11 is 1.43. The van der Waals surface area contributed by atoms with Crippen LogP contribution in [0.4, 0.5) is 5.69 Å². The first kappa shape index (κ1) is 23.1. The van der Waals surface area contributed by atoms with Crippen LogP contribution in [-0.2, 0) is 4.79 Å². The second-order valence-corrected chi connectivity index (χ2v) is 8.87. The van der Waals surface area contributed by atoms with Gasteiger partial charge in [-0.25, -0.2) is 0 Å². The Morgan fingerprint density at radius 3 is 2.45 bits per heavy atom. The predicted octanol–water partition coefficient (Wildman–Crippen LogP) is 4.93. The molecule has 0 aliphatic carbocycles. The Morgan fingerprint density at radius 1 is 1.06 bits per heavy atom. The summed E-state index contributed by atoms with van der Waals surface area (Å²) in [6.45, 7) is 9.92. The number of hydrogen-bond acceptors (Lipinski definition) is 4. The lowest BCUT2D eigenvalue weighted by Crippen LogP contribution is -2.35. The van der Waals surface area contributed by atoms with Crippen LogP contribution in [0.1, 0.15) is 48.2 Å². The molecule has 2 N–H and O–H groups in total. The first-order valence-electron chi connectivity index (χ1n) is 10.9. The van der Waals surface area contributed by atoms with Gasteiger partial charge in [-0.1, -0.05) is 55.4 Å². The molecule has 6 heteroatoms.